The van der Waals surface area contributed by atoms with Crippen molar-refractivity contribution in [3.8, 4) is 0 Å². The van der Waals surface area contributed by atoms with Crippen molar-refractivity contribution in [2.75, 3.05) is 6.61 Å². The van der Waals surface area contributed by atoms with Gasteiger partial charge in [0.05, 0.1) is 24.4 Å². The van der Waals surface area contributed by atoms with Gasteiger partial charge in [-0.3, -0.25) is 9.78 Å². The van der Waals surface area contributed by atoms with Crippen molar-refractivity contribution in [3.05, 3.63) is 32.6 Å². The molecule has 6 heteroatoms. The van der Waals surface area contributed by atoms with Crippen LogP contribution in [0.4, 0.5) is 0 Å². The summed E-state index contributed by atoms with van der Waals surface area (Å²) in [5.74, 6) is 0.274. The van der Waals surface area contributed by atoms with E-state index in [2.05, 4.69) is 9.97 Å². The zero-order valence-electron chi connectivity index (χ0n) is 9.77. The van der Waals surface area contributed by atoms with Gasteiger partial charge in [0.25, 0.3) is 5.56 Å². The van der Waals surface area contributed by atoms with Crippen molar-refractivity contribution >= 4 is 0 Å². The Balaban J connectivity index is 2.35. The van der Waals surface area contributed by atoms with E-state index >= 15 is 0 Å². The van der Waals surface area contributed by atoms with Gasteiger partial charge in [-0.1, -0.05) is 13.8 Å². The number of rotatable bonds is 2. The third-order valence-corrected chi connectivity index (χ3v) is 3.55. The summed E-state index contributed by atoms with van der Waals surface area (Å²) in [7, 11) is 0. The molecule has 1 aromatic rings. The molecule has 6 nitrogen and oxygen atoms in total. The van der Waals surface area contributed by atoms with Crippen LogP contribution in [-0.2, 0) is 4.74 Å². The lowest BCUT2D eigenvalue weighted by molar-refractivity contribution is -0.00286. The molecule has 1 aliphatic rings. The molecule has 0 saturated carbocycles. The second-order valence-electron chi connectivity index (χ2n) is 4.52. The van der Waals surface area contributed by atoms with Crippen molar-refractivity contribution in [1.82, 2.24) is 9.97 Å². The highest BCUT2D eigenvalue weighted by molar-refractivity contribution is 5.11. The third kappa shape index (κ3) is 2.05. The van der Waals surface area contributed by atoms with Crippen molar-refractivity contribution in [2.45, 2.75) is 26.1 Å². The first-order valence-electron chi connectivity index (χ1n) is 5.62. The van der Waals surface area contributed by atoms with Gasteiger partial charge in [-0.15, -0.1) is 0 Å². The normalized spacial score (nSPS) is 32.9. The molecule has 1 aromatic heterocycles. The zero-order chi connectivity index (χ0) is 12.6. The highest BCUT2D eigenvalue weighted by Gasteiger charge is 2.40. The van der Waals surface area contributed by atoms with Crippen LogP contribution in [-0.4, -0.2) is 27.8 Å². The van der Waals surface area contributed by atoms with Crippen molar-refractivity contribution in [2.24, 2.45) is 11.8 Å². The minimum absolute atomic E-state index is 0.0662. The number of nitrogens with one attached hydrogen (secondary N) is 2. The van der Waals surface area contributed by atoms with Gasteiger partial charge >= 0.3 is 5.69 Å². The second kappa shape index (κ2) is 4.46. The standard InChI is InChI=1S/C11H16N2O4/c1-5-6(2)9(17-8(5)4-14)7-3-12-11(16)13-10(7)15/h3,5-6,8-9,14H,4H2,1-2H3,(H2,12,13,15,16)/t5?,6-,8+,9+/m0/s1. The Morgan fingerprint density at radius 3 is 2.59 bits per heavy atom. The fourth-order valence-electron chi connectivity index (χ4n) is 2.25. The quantitative estimate of drug-likeness (QED) is 0.665. The molecular weight excluding hydrogens is 224 g/mol. The Bertz CT molecular complexity index is 507. The molecule has 1 unspecified atom stereocenters. The van der Waals surface area contributed by atoms with Gasteiger partial charge in [0, 0.05) is 6.20 Å². The number of aromatic amines is 2. The lowest BCUT2D eigenvalue weighted by Gasteiger charge is -2.14. The summed E-state index contributed by atoms with van der Waals surface area (Å²) >= 11 is 0. The molecule has 3 N–H and O–H groups in total. The zero-order valence-corrected chi connectivity index (χ0v) is 9.77. The molecule has 0 spiro atoms. The summed E-state index contributed by atoms with van der Waals surface area (Å²) in [4.78, 5) is 27.2. The minimum atomic E-state index is -0.531. The van der Waals surface area contributed by atoms with Gasteiger partial charge in [0.15, 0.2) is 0 Å². The first kappa shape index (κ1) is 12.1. The molecular formula is C11H16N2O4. The van der Waals surface area contributed by atoms with E-state index in [4.69, 9.17) is 9.84 Å². The van der Waals surface area contributed by atoms with E-state index in [1.165, 1.54) is 6.20 Å². The monoisotopic (exact) mass is 240 g/mol. The predicted molar refractivity (Wildman–Crippen MR) is 60.7 cm³/mol. The number of aliphatic hydroxyl groups is 1. The number of aliphatic hydroxyl groups excluding tert-OH is 1. The van der Waals surface area contributed by atoms with Crippen molar-refractivity contribution in [1.29, 1.82) is 0 Å². The number of aromatic nitrogens is 2. The summed E-state index contributed by atoms with van der Waals surface area (Å²) < 4.78 is 5.65. The molecule has 17 heavy (non-hydrogen) atoms. The van der Waals surface area contributed by atoms with Crippen LogP contribution in [0.3, 0.4) is 0 Å². The summed E-state index contributed by atoms with van der Waals surface area (Å²) in [6, 6.07) is 0. The highest BCUT2D eigenvalue weighted by atomic mass is 16.5. The lowest BCUT2D eigenvalue weighted by Crippen LogP contribution is -2.27. The topological polar surface area (TPSA) is 95.2 Å². The maximum atomic E-state index is 11.7. The van der Waals surface area contributed by atoms with Gasteiger partial charge in [0.2, 0.25) is 0 Å². The number of hydrogen-bond donors (Lipinski definition) is 3. The molecule has 0 radical (unpaired) electrons. The van der Waals surface area contributed by atoms with Crippen LogP contribution in [0.2, 0.25) is 0 Å². The lowest BCUT2D eigenvalue weighted by atomic mass is 9.88. The maximum Gasteiger partial charge on any atom is 0.325 e. The van der Waals surface area contributed by atoms with Crippen LogP contribution in [0, 0.1) is 11.8 Å². The maximum absolute atomic E-state index is 11.7. The Kier molecular flexibility index (Phi) is 3.17. The van der Waals surface area contributed by atoms with E-state index < -0.39 is 11.2 Å². The van der Waals surface area contributed by atoms with Crippen LogP contribution in [0.15, 0.2) is 15.8 Å². The predicted octanol–water partition coefficient (Wildman–Crippen LogP) is -0.232. The molecule has 2 heterocycles. The molecule has 1 fully saturated rings. The number of H-pyrrole nitrogens is 2. The van der Waals surface area contributed by atoms with E-state index in [1.807, 2.05) is 13.8 Å². The van der Waals surface area contributed by atoms with E-state index in [1.54, 1.807) is 0 Å². The summed E-state index contributed by atoms with van der Waals surface area (Å²) in [6.45, 7) is 3.88. The molecule has 1 saturated heterocycles. The van der Waals surface area contributed by atoms with Crippen molar-refractivity contribution in [3.63, 3.8) is 0 Å². The number of hydrogen-bond acceptors (Lipinski definition) is 4. The Morgan fingerprint density at radius 1 is 1.35 bits per heavy atom. The molecule has 0 amide bonds. The largest absolute Gasteiger partial charge is 0.394 e. The van der Waals surface area contributed by atoms with Crippen molar-refractivity contribution < 1.29 is 9.84 Å². The molecule has 0 aromatic carbocycles. The Labute approximate surface area is 97.7 Å². The SMILES string of the molecule is CC1[C@@H](CO)O[C@@H](c2c[nH]c(=O)[nH]c2=O)[C@H]1C. The number of ether oxygens (including phenoxy) is 1. The third-order valence-electron chi connectivity index (χ3n) is 3.55. The van der Waals surface area contributed by atoms with Crippen LogP contribution in [0.25, 0.3) is 0 Å². The average molecular weight is 240 g/mol. The summed E-state index contributed by atoms with van der Waals surface area (Å²) in [5.41, 5.74) is -0.563. The molecule has 1 aliphatic heterocycles. The van der Waals surface area contributed by atoms with Gasteiger partial charge in [0.1, 0.15) is 0 Å². The van der Waals surface area contributed by atoms with E-state index in [0.29, 0.717) is 5.56 Å². The van der Waals surface area contributed by atoms with Gasteiger partial charge in [-0.25, -0.2) is 4.79 Å². The first-order chi connectivity index (χ1) is 8.04. The van der Waals surface area contributed by atoms with Gasteiger partial charge < -0.3 is 14.8 Å². The molecule has 4 atom stereocenters. The fraction of sp³-hybridized carbons (Fsp3) is 0.636. The Morgan fingerprint density at radius 2 is 2.06 bits per heavy atom. The Hall–Kier alpha value is -1.40. The minimum Gasteiger partial charge on any atom is -0.394 e. The first-order valence-corrected chi connectivity index (χ1v) is 5.62. The molecule has 94 valence electrons. The molecule has 0 bridgehead atoms. The second-order valence-corrected chi connectivity index (χ2v) is 4.52. The average Bonchev–Trinajstić information content (AvgIpc) is 2.57. The smallest absolute Gasteiger partial charge is 0.325 e. The molecule has 0 aliphatic carbocycles. The van der Waals surface area contributed by atoms with Gasteiger partial charge in [-0.2, -0.15) is 0 Å². The van der Waals surface area contributed by atoms with E-state index in [9.17, 15) is 9.59 Å². The molecule has 2 rings (SSSR count). The van der Waals surface area contributed by atoms with Crippen LogP contribution >= 0.6 is 0 Å². The van der Waals surface area contributed by atoms with E-state index in [-0.39, 0.29) is 30.7 Å². The van der Waals surface area contributed by atoms with E-state index in [0.717, 1.165) is 0 Å². The van der Waals surface area contributed by atoms with Crippen LogP contribution < -0.4 is 11.2 Å². The highest BCUT2D eigenvalue weighted by Crippen LogP contribution is 2.40. The summed E-state index contributed by atoms with van der Waals surface area (Å²) in [6.07, 6.45) is 0.735. The fourth-order valence-corrected chi connectivity index (χ4v) is 2.25. The van der Waals surface area contributed by atoms with Gasteiger partial charge in [-0.05, 0) is 11.8 Å². The van der Waals surface area contributed by atoms with Crippen LogP contribution in [0.5, 0.6) is 0 Å². The summed E-state index contributed by atoms with van der Waals surface area (Å²) in [5, 5.41) is 9.16. The van der Waals surface area contributed by atoms with Crippen LogP contribution in [0.1, 0.15) is 25.5 Å².